The predicted molar refractivity (Wildman–Crippen MR) is 81.4 cm³/mol. The summed E-state index contributed by atoms with van der Waals surface area (Å²) in [7, 11) is 0. The van der Waals surface area contributed by atoms with Crippen LogP contribution in [0.3, 0.4) is 0 Å². The molecule has 0 aromatic carbocycles. The van der Waals surface area contributed by atoms with Crippen LogP contribution in [0.1, 0.15) is 64.7 Å². The van der Waals surface area contributed by atoms with E-state index in [2.05, 4.69) is 17.1 Å². The average molecular weight is 264 g/mol. The van der Waals surface area contributed by atoms with Crippen LogP contribution in [0, 0.1) is 11.8 Å². The third-order valence-electron chi connectivity index (χ3n) is 5.92. The minimum absolute atomic E-state index is 0.750. The van der Waals surface area contributed by atoms with Gasteiger partial charge in [0.05, 0.1) is 0 Å². The third-order valence-corrected chi connectivity index (χ3v) is 5.92. The molecule has 0 spiro atoms. The molecular weight excluding hydrogens is 232 g/mol. The van der Waals surface area contributed by atoms with Gasteiger partial charge in [-0.25, -0.2) is 0 Å². The summed E-state index contributed by atoms with van der Waals surface area (Å²) in [6.07, 6.45) is 13.3. The molecule has 2 heteroatoms. The highest BCUT2D eigenvalue weighted by atomic mass is 15.2. The Bertz CT molecular complexity index is 266. The Balaban J connectivity index is 1.53. The molecule has 3 aliphatic rings. The highest BCUT2D eigenvalue weighted by molar-refractivity contribution is 4.90. The molecule has 2 nitrogen and oxygen atoms in total. The normalized spacial score (nSPS) is 35.8. The maximum absolute atomic E-state index is 3.85. The first-order chi connectivity index (χ1) is 9.33. The molecule has 2 saturated carbocycles. The molecule has 0 bridgehead atoms. The second kappa shape index (κ2) is 6.58. The standard InChI is InChI=1S/C17H32N2/c1-14-11-18-17(16-9-3-2-4-10-16)13-19(14)12-15-7-5-6-8-15/h14-18H,2-13H2,1H3. The lowest BCUT2D eigenvalue weighted by atomic mass is 9.82. The second-order valence-electron chi connectivity index (χ2n) is 7.37. The lowest BCUT2D eigenvalue weighted by Crippen LogP contribution is -2.58. The number of nitrogens with one attached hydrogen (secondary N) is 1. The number of rotatable bonds is 3. The minimum atomic E-state index is 0.750. The molecule has 2 aliphatic carbocycles. The van der Waals surface area contributed by atoms with Crippen molar-refractivity contribution in [3.8, 4) is 0 Å². The highest BCUT2D eigenvalue weighted by Crippen LogP contribution is 2.30. The van der Waals surface area contributed by atoms with Crippen molar-refractivity contribution in [2.24, 2.45) is 11.8 Å². The van der Waals surface area contributed by atoms with Crippen LogP contribution in [-0.2, 0) is 0 Å². The summed E-state index contributed by atoms with van der Waals surface area (Å²) in [6.45, 7) is 6.33. The maximum atomic E-state index is 3.85. The summed E-state index contributed by atoms with van der Waals surface area (Å²) < 4.78 is 0. The average Bonchev–Trinajstić information content (AvgIpc) is 2.95. The first-order valence-corrected chi connectivity index (χ1v) is 8.80. The Labute approximate surface area is 119 Å². The van der Waals surface area contributed by atoms with Gasteiger partial charge in [-0.1, -0.05) is 32.1 Å². The third kappa shape index (κ3) is 3.52. The van der Waals surface area contributed by atoms with Crippen molar-refractivity contribution in [1.29, 1.82) is 0 Å². The monoisotopic (exact) mass is 264 g/mol. The molecule has 1 saturated heterocycles. The molecule has 0 aromatic heterocycles. The molecule has 3 rings (SSSR count). The van der Waals surface area contributed by atoms with Gasteiger partial charge < -0.3 is 5.32 Å². The SMILES string of the molecule is CC1CNC(C2CCCCC2)CN1CC1CCCC1. The van der Waals surface area contributed by atoms with Crippen LogP contribution in [0.2, 0.25) is 0 Å². The van der Waals surface area contributed by atoms with E-state index < -0.39 is 0 Å². The van der Waals surface area contributed by atoms with Gasteiger partial charge in [-0.15, -0.1) is 0 Å². The zero-order chi connectivity index (χ0) is 13.1. The van der Waals surface area contributed by atoms with E-state index in [1.807, 2.05) is 0 Å². The van der Waals surface area contributed by atoms with E-state index in [0.29, 0.717) is 0 Å². The molecule has 2 unspecified atom stereocenters. The van der Waals surface area contributed by atoms with Crippen molar-refractivity contribution >= 4 is 0 Å². The first kappa shape index (κ1) is 13.9. The maximum Gasteiger partial charge on any atom is 0.0224 e. The summed E-state index contributed by atoms with van der Waals surface area (Å²) in [5.74, 6) is 1.97. The van der Waals surface area contributed by atoms with Crippen molar-refractivity contribution < 1.29 is 0 Å². The number of piperazine rings is 1. The van der Waals surface area contributed by atoms with E-state index in [1.165, 1.54) is 77.4 Å². The number of hydrogen-bond acceptors (Lipinski definition) is 2. The lowest BCUT2D eigenvalue weighted by Gasteiger charge is -2.43. The lowest BCUT2D eigenvalue weighted by molar-refractivity contribution is 0.0899. The van der Waals surface area contributed by atoms with Crippen LogP contribution < -0.4 is 5.32 Å². The smallest absolute Gasteiger partial charge is 0.0224 e. The zero-order valence-corrected chi connectivity index (χ0v) is 12.7. The minimum Gasteiger partial charge on any atom is -0.311 e. The van der Waals surface area contributed by atoms with Gasteiger partial charge in [0.25, 0.3) is 0 Å². The van der Waals surface area contributed by atoms with Gasteiger partial charge in [0.15, 0.2) is 0 Å². The van der Waals surface area contributed by atoms with E-state index in [0.717, 1.165) is 23.9 Å². The molecule has 1 heterocycles. The Kier molecular flexibility index (Phi) is 4.81. The van der Waals surface area contributed by atoms with Crippen LogP contribution in [0.15, 0.2) is 0 Å². The van der Waals surface area contributed by atoms with Gasteiger partial charge in [-0.2, -0.15) is 0 Å². The van der Waals surface area contributed by atoms with E-state index in [-0.39, 0.29) is 0 Å². The summed E-state index contributed by atoms with van der Waals surface area (Å²) in [5.41, 5.74) is 0. The number of hydrogen-bond donors (Lipinski definition) is 1. The van der Waals surface area contributed by atoms with Gasteiger partial charge in [-0.05, 0) is 44.4 Å². The summed E-state index contributed by atoms with van der Waals surface area (Å²) in [6, 6.07) is 1.54. The zero-order valence-electron chi connectivity index (χ0n) is 12.7. The fraction of sp³-hybridized carbons (Fsp3) is 1.00. The van der Waals surface area contributed by atoms with E-state index in [4.69, 9.17) is 0 Å². The van der Waals surface area contributed by atoms with Gasteiger partial charge in [0.2, 0.25) is 0 Å². The number of nitrogens with zero attached hydrogens (tertiary/aromatic N) is 1. The molecule has 0 aromatic rings. The molecule has 0 radical (unpaired) electrons. The van der Waals surface area contributed by atoms with Crippen LogP contribution in [0.25, 0.3) is 0 Å². The van der Waals surface area contributed by atoms with Crippen LogP contribution in [0.5, 0.6) is 0 Å². The van der Waals surface area contributed by atoms with Gasteiger partial charge in [-0.3, -0.25) is 4.90 Å². The van der Waals surface area contributed by atoms with Crippen molar-refractivity contribution in [2.45, 2.75) is 76.8 Å². The van der Waals surface area contributed by atoms with E-state index in [1.54, 1.807) is 0 Å². The molecule has 1 N–H and O–H groups in total. The first-order valence-electron chi connectivity index (χ1n) is 8.80. The molecule has 3 fully saturated rings. The molecular formula is C17H32N2. The Morgan fingerprint density at radius 3 is 2.37 bits per heavy atom. The Morgan fingerprint density at radius 2 is 1.63 bits per heavy atom. The summed E-state index contributed by atoms with van der Waals surface area (Å²) >= 11 is 0. The Hall–Kier alpha value is -0.0800. The fourth-order valence-corrected chi connectivity index (χ4v) is 4.58. The van der Waals surface area contributed by atoms with Crippen molar-refractivity contribution in [3.63, 3.8) is 0 Å². The largest absolute Gasteiger partial charge is 0.311 e. The molecule has 110 valence electrons. The van der Waals surface area contributed by atoms with Crippen molar-refractivity contribution in [3.05, 3.63) is 0 Å². The van der Waals surface area contributed by atoms with Crippen molar-refractivity contribution in [2.75, 3.05) is 19.6 Å². The van der Waals surface area contributed by atoms with Gasteiger partial charge in [0, 0.05) is 31.7 Å². The summed E-state index contributed by atoms with van der Waals surface area (Å²) in [4.78, 5) is 2.81. The quantitative estimate of drug-likeness (QED) is 0.840. The van der Waals surface area contributed by atoms with Crippen LogP contribution in [-0.4, -0.2) is 36.6 Å². The van der Waals surface area contributed by atoms with Crippen LogP contribution >= 0.6 is 0 Å². The highest BCUT2D eigenvalue weighted by Gasteiger charge is 2.32. The second-order valence-corrected chi connectivity index (χ2v) is 7.37. The topological polar surface area (TPSA) is 15.3 Å². The predicted octanol–water partition coefficient (Wildman–Crippen LogP) is 3.42. The Morgan fingerprint density at radius 1 is 0.947 bits per heavy atom. The van der Waals surface area contributed by atoms with Gasteiger partial charge in [0.1, 0.15) is 0 Å². The molecule has 2 atom stereocenters. The van der Waals surface area contributed by atoms with Gasteiger partial charge >= 0.3 is 0 Å². The van der Waals surface area contributed by atoms with E-state index in [9.17, 15) is 0 Å². The molecule has 0 amide bonds. The molecule has 19 heavy (non-hydrogen) atoms. The fourth-order valence-electron chi connectivity index (χ4n) is 4.58. The van der Waals surface area contributed by atoms with Crippen molar-refractivity contribution in [1.82, 2.24) is 10.2 Å². The van der Waals surface area contributed by atoms with Crippen LogP contribution in [0.4, 0.5) is 0 Å². The van der Waals surface area contributed by atoms with E-state index >= 15 is 0 Å². The summed E-state index contributed by atoms with van der Waals surface area (Å²) in [5, 5.41) is 3.85. The molecule has 1 aliphatic heterocycles.